The molecule has 0 unspecified atom stereocenters. The first-order valence-electron chi connectivity index (χ1n) is 5.48. The first-order valence-corrected chi connectivity index (χ1v) is 5.48. The van der Waals surface area contributed by atoms with Gasteiger partial charge in [-0.15, -0.1) is 0 Å². The minimum atomic E-state index is -0.343. The molecule has 0 bridgehead atoms. The average molecular weight is 208 g/mol. The number of ketones is 2. The summed E-state index contributed by atoms with van der Waals surface area (Å²) in [5.74, 6) is 0.333. The molecule has 84 valence electrons. The number of hydrogen-bond acceptors (Lipinski definition) is 2. The van der Waals surface area contributed by atoms with Crippen molar-refractivity contribution in [3.63, 3.8) is 0 Å². The first-order chi connectivity index (χ1) is 6.75. The predicted molar refractivity (Wildman–Crippen MR) is 60.6 cm³/mol. The van der Waals surface area contributed by atoms with E-state index in [1.807, 2.05) is 13.0 Å². The number of rotatable bonds is 3. The molecule has 1 atom stereocenters. The van der Waals surface area contributed by atoms with Gasteiger partial charge in [-0.2, -0.15) is 0 Å². The fraction of sp³-hybridized carbons (Fsp3) is 0.692. The molecule has 0 saturated carbocycles. The fourth-order valence-electron chi connectivity index (χ4n) is 2.32. The van der Waals surface area contributed by atoms with Crippen LogP contribution in [0.4, 0.5) is 0 Å². The average Bonchev–Trinajstić information content (AvgIpc) is 2.09. The number of carbonyl (C=O) groups excluding carboxylic acids is 2. The van der Waals surface area contributed by atoms with Gasteiger partial charge < -0.3 is 4.79 Å². The normalized spacial score (nSPS) is 29.2. The molecular formula is C13H20O2. The van der Waals surface area contributed by atoms with E-state index in [4.69, 9.17) is 0 Å². The molecule has 0 heterocycles. The third kappa shape index (κ3) is 3.01. The van der Waals surface area contributed by atoms with Crippen molar-refractivity contribution in [2.45, 2.75) is 47.0 Å². The Hall–Kier alpha value is -0.920. The van der Waals surface area contributed by atoms with Gasteiger partial charge in [-0.3, -0.25) is 4.79 Å². The van der Waals surface area contributed by atoms with Crippen molar-refractivity contribution in [2.75, 3.05) is 0 Å². The molecular weight excluding hydrogens is 188 g/mol. The van der Waals surface area contributed by atoms with E-state index < -0.39 is 0 Å². The summed E-state index contributed by atoms with van der Waals surface area (Å²) in [6.45, 7) is 7.81. The van der Waals surface area contributed by atoms with E-state index in [1.165, 1.54) is 0 Å². The molecule has 0 amide bonds. The third-order valence-electron chi connectivity index (χ3n) is 3.16. The topological polar surface area (TPSA) is 34.1 Å². The summed E-state index contributed by atoms with van der Waals surface area (Å²) in [5, 5.41) is 0. The van der Waals surface area contributed by atoms with E-state index in [2.05, 4.69) is 13.8 Å². The zero-order chi connectivity index (χ0) is 11.7. The maximum absolute atomic E-state index is 11.8. The van der Waals surface area contributed by atoms with Gasteiger partial charge in [0.25, 0.3) is 0 Å². The summed E-state index contributed by atoms with van der Waals surface area (Å²) in [6.07, 6.45) is 5.68. The summed E-state index contributed by atoms with van der Waals surface area (Å²) in [5.41, 5.74) is -0.274. The third-order valence-corrected chi connectivity index (χ3v) is 3.16. The predicted octanol–water partition coefficient (Wildman–Crippen LogP) is 2.92. The van der Waals surface area contributed by atoms with Crippen molar-refractivity contribution in [1.29, 1.82) is 0 Å². The Labute approximate surface area is 91.7 Å². The van der Waals surface area contributed by atoms with Crippen LogP contribution in [0.1, 0.15) is 47.0 Å². The van der Waals surface area contributed by atoms with Crippen molar-refractivity contribution in [3.8, 4) is 0 Å². The molecule has 2 heteroatoms. The first kappa shape index (κ1) is 12.2. The van der Waals surface area contributed by atoms with Crippen LogP contribution < -0.4 is 0 Å². The van der Waals surface area contributed by atoms with E-state index in [9.17, 15) is 9.59 Å². The van der Waals surface area contributed by atoms with Gasteiger partial charge in [0.15, 0.2) is 5.78 Å². The lowest BCUT2D eigenvalue weighted by molar-refractivity contribution is -0.126. The molecule has 0 radical (unpaired) electrons. The minimum Gasteiger partial charge on any atom is -0.300 e. The van der Waals surface area contributed by atoms with E-state index in [0.717, 1.165) is 6.42 Å². The second kappa shape index (κ2) is 3.92. The molecule has 0 aliphatic heterocycles. The summed E-state index contributed by atoms with van der Waals surface area (Å²) >= 11 is 0. The minimum absolute atomic E-state index is 0.0689. The van der Waals surface area contributed by atoms with Gasteiger partial charge in [0, 0.05) is 11.8 Å². The lowest BCUT2D eigenvalue weighted by Crippen LogP contribution is -2.35. The molecule has 0 aromatic carbocycles. The molecule has 0 aromatic rings. The van der Waals surface area contributed by atoms with Crippen LogP contribution in [0.25, 0.3) is 0 Å². The highest BCUT2D eigenvalue weighted by atomic mass is 16.1. The number of Topliss-reactive ketones (excluding diaryl/α,β-unsaturated/α-hetero) is 1. The lowest BCUT2D eigenvalue weighted by atomic mass is 9.65. The molecule has 1 rings (SSSR count). The van der Waals surface area contributed by atoms with Crippen LogP contribution in [0.2, 0.25) is 0 Å². The Morgan fingerprint density at radius 3 is 2.53 bits per heavy atom. The van der Waals surface area contributed by atoms with Crippen molar-refractivity contribution >= 4 is 11.6 Å². The molecule has 0 aromatic heterocycles. The van der Waals surface area contributed by atoms with Gasteiger partial charge >= 0.3 is 0 Å². The SMILES string of the molecule is CC(=O)CC[C@@]1(C)CC(C)(C)C=CC1=O. The Bertz CT molecular complexity index is 312. The zero-order valence-corrected chi connectivity index (χ0v) is 10.1. The van der Waals surface area contributed by atoms with E-state index >= 15 is 0 Å². The molecule has 1 aliphatic carbocycles. The standard InChI is InChI=1S/C13H20O2/c1-10(14)5-8-13(4)9-12(2,3)7-6-11(13)15/h6-7H,5,8-9H2,1-4H3/t13-/m0/s1. The monoisotopic (exact) mass is 208 g/mol. The highest BCUT2D eigenvalue weighted by molar-refractivity contribution is 5.96. The van der Waals surface area contributed by atoms with Crippen LogP contribution in [0.15, 0.2) is 12.2 Å². The van der Waals surface area contributed by atoms with Crippen LogP contribution in [0.5, 0.6) is 0 Å². The van der Waals surface area contributed by atoms with Crippen LogP contribution in [0.3, 0.4) is 0 Å². The van der Waals surface area contributed by atoms with Gasteiger partial charge in [0.05, 0.1) is 0 Å². The Kier molecular flexibility index (Phi) is 3.17. The van der Waals surface area contributed by atoms with Crippen molar-refractivity contribution < 1.29 is 9.59 Å². The van der Waals surface area contributed by atoms with Gasteiger partial charge in [-0.1, -0.05) is 26.8 Å². The van der Waals surface area contributed by atoms with E-state index in [0.29, 0.717) is 12.8 Å². The Morgan fingerprint density at radius 2 is 2.00 bits per heavy atom. The quantitative estimate of drug-likeness (QED) is 0.714. The van der Waals surface area contributed by atoms with Crippen LogP contribution in [-0.4, -0.2) is 11.6 Å². The molecule has 15 heavy (non-hydrogen) atoms. The Balaban J connectivity index is 2.79. The maximum atomic E-state index is 11.8. The largest absolute Gasteiger partial charge is 0.300 e. The fourth-order valence-corrected chi connectivity index (χ4v) is 2.32. The molecule has 0 spiro atoms. The van der Waals surface area contributed by atoms with Crippen molar-refractivity contribution in [1.82, 2.24) is 0 Å². The second-order valence-electron chi connectivity index (χ2n) is 5.63. The smallest absolute Gasteiger partial charge is 0.161 e. The summed E-state index contributed by atoms with van der Waals surface area (Å²) in [4.78, 5) is 22.8. The van der Waals surface area contributed by atoms with E-state index in [-0.39, 0.29) is 22.4 Å². The Morgan fingerprint density at radius 1 is 1.40 bits per heavy atom. The molecule has 0 N–H and O–H groups in total. The zero-order valence-electron chi connectivity index (χ0n) is 10.1. The number of hydrogen-bond donors (Lipinski definition) is 0. The van der Waals surface area contributed by atoms with Gasteiger partial charge in [0.2, 0.25) is 0 Å². The highest BCUT2D eigenvalue weighted by Crippen LogP contribution is 2.42. The second-order valence-corrected chi connectivity index (χ2v) is 5.63. The van der Waals surface area contributed by atoms with Gasteiger partial charge in [-0.05, 0) is 31.3 Å². The number of allylic oxidation sites excluding steroid dienone is 2. The van der Waals surface area contributed by atoms with Gasteiger partial charge in [0.1, 0.15) is 5.78 Å². The highest BCUT2D eigenvalue weighted by Gasteiger charge is 2.39. The molecule has 0 fully saturated rings. The van der Waals surface area contributed by atoms with Gasteiger partial charge in [-0.25, -0.2) is 0 Å². The lowest BCUT2D eigenvalue weighted by Gasteiger charge is -2.37. The van der Waals surface area contributed by atoms with Crippen molar-refractivity contribution in [3.05, 3.63) is 12.2 Å². The molecule has 1 aliphatic rings. The summed E-state index contributed by atoms with van der Waals surface area (Å²) in [6, 6.07) is 0. The summed E-state index contributed by atoms with van der Waals surface area (Å²) in [7, 11) is 0. The van der Waals surface area contributed by atoms with Crippen LogP contribution in [0, 0.1) is 10.8 Å². The molecule has 0 saturated heterocycles. The van der Waals surface area contributed by atoms with Crippen LogP contribution in [-0.2, 0) is 9.59 Å². The summed E-state index contributed by atoms with van der Waals surface area (Å²) < 4.78 is 0. The maximum Gasteiger partial charge on any atom is 0.161 e. The van der Waals surface area contributed by atoms with E-state index in [1.54, 1.807) is 13.0 Å². The number of carbonyl (C=O) groups is 2. The molecule has 2 nitrogen and oxygen atoms in total. The van der Waals surface area contributed by atoms with Crippen LogP contribution >= 0.6 is 0 Å². The van der Waals surface area contributed by atoms with Crippen molar-refractivity contribution in [2.24, 2.45) is 10.8 Å².